The van der Waals surface area contributed by atoms with Crippen molar-refractivity contribution in [1.82, 2.24) is 4.98 Å². The summed E-state index contributed by atoms with van der Waals surface area (Å²) in [6, 6.07) is 14.3. The monoisotopic (exact) mass is 307 g/mol. The fraction of sp³-hybridized carbons (Fsp3) is 0.111. The van der Waals surface area contributed by atoms with Gasteiger partial charge in [0.1, 0.15) is 5.56 Å². The largest absolute Gasteiger partial charge is 0.398 e. The SMILES string of the molecule is Cc1ccc(N(C)C(=O)c2cc3c(N)cccc3[nH]c2=O)cc1. The van der Waals surface area contributed by atoms with Crippen molar-refractivity contribution in [2.75, 3.05) is 17.7 Å². The second kappa shape index (κ2) is 5.61. The number of carbonyl (C=O) groups is 1. The van der Waals surface area contributed by atoms with Crippen molar-refractivity contribution in [3.63, 3.8) is 0 Å². The van der Waals surface area contributed by atoms with Crippen molar-refractivity contribution in [3.8, 4) is 0 Å². The van der Waals surface area contributed by atoms with Crippen LogP contribution in [0.2, 0.25) is 0 Å². The summed E-state index contributed by atoms with van der Waals surface area (Å²) in [7, 11) is 1.64. The van der Waals surface area contributed by atoms with E-state index in [-0.39, 0.29) is 11.5 Å². The van der Waals surface area contributed by atoms with Crippen molar-refractivity contribution in [3.05, 3.63) is 70.0 Å². The molecule has 0 unspecified atom stereocenters. The number of nitrogens with one attached hydrogen (secondary N) is 1. The zero-order valence-corrected chi connectivity index (χ0v) is 13.0. The van der Waals surface area contributed by atoms with Gasteiger partial charge in [-0.15, -0.1) is 0 Å². The van der Waals surface area contributed by atoms with Crippen LogP contribution in [0.4, 0.5) is 11.4 Å². The first kappa shape index (κ1) is 14.8. The molecule has 5 heteroatoms. The van der Waals surface area contributed by atoms with E-state index in [0.717, 1.165) is 11.3 Å². The van der Waals surface area contributed by atoms with Crippen LogP contribution in [0.15, 0.2) is 53.3 Å². The topological polar surface area (TPSA) is 79.2 Å². The number of fused-ring (bicyclic) bond motifs is 1. The highest BCUT2D eigenvalue weighted by atomic mass is 16.2. The highest BCUT2D eigenvalue weighted by Gasteiger charge is 2.18. The number of nitrogens with zero attached hydrogens (tertiary/aromatic N) is 1. The normalized spacial score (nSPS) is 10.7. The minimum Gasteiger partial charge on any atom is -0.398 e. The van der Waals surface area contributed by atoms with E-state index in [1.165, 1.54) is 4.90 Å². The molecule has 5 nitrogen and oxygen atoms in total. The lowest BCUT2D eigenvalue weighted by Gasteiger charge is -2.17. The number of amides is 1. The molecule has 0 fully saturated rings. The van der Waals surface area contributed by atoms with Crippen LogP contribution in [0.5, 0.6) is 0 Å². The minimum atomic E-state index is -0.424. The lowest BCUT2D eigenvalue weighted by molar-refractivity contribution is 0.0991. The third-order valence-electron chi connectivity index (χ3n) is 3.88. The lowest BCUT2D eigenvalue weighted by Crippen LogP contribution is -2.31. The Bertz CT molecular complexity index is 943. The van der Waals surface area contributed by atoms with Crippen molar-refractivity contribution in [2.24, 2.45) is 0 Å². The number of aryl methyl sites for hydroxylation is 1. The standard InChI is InChI=1S/C18H17N3O2/c1-11-6-8-12(9-7-11)21(2)18(23)14-10-13-15(19)4-3-5-16(13)20-17(14)22/h3-10H,19H2,1-2H3,(H,20,22). The van der Waals surface area contributed by atoms with Crippen LogP contribution < -0.4 is 16.2 Å². The molecule has 0 bridgehead atoms. The summed E-state index contributed by atoms with van der Waals surface area (Å²) >= 11 is 0. The van der Waals surface area contributed by atoms with E-state index in [1.807, 2.05) is 31.2 Å². The summed E-state index contributed by atoms with van der Waals surface area (Å²) in [6.45, 7) is 1.97. The van der Waals surface area contributed by atoms with E-state index in [2.05, 4.69) is 4.98 Å². The molecule has 0 spiro atoms. The van der Waals surface area contributed by atoms with Crippen LogP contribution in [-0.2, 0) is 0 Å². The first-order valence-electron chi connectivity index (χ1n) is 7.23. The van der Waals surface area contributed by atoms with Crippen LogP contribution in [-0.4, -0.2) is 17.9 Å². The maximum Gasteiger partial charge on any atom is 0.263 e. The molecule has 3 rings (SSSR count). The average Bonchev–Trinajstić information content (AvgIpc) is 2.54. The minimum absolute atomic E-state index is 0.0680. The number of aromatic amines is 1. The second-order valence-electron chi connectivity index (χ2n) is 5.52. The molecule has 0 saturated carbocycles. The van der Waals surface area contributed by atoms with Gasteiger partial charge < -0.3 is 15.6 Å². The van der Waals surface area contributed by atoms with Gasteiger partial charge in [-0.25, -0.2) is 0 Å². The van der Waals surface area contributed by atoms with E-state index < -0.39 is 5.56 Å². The van der Waals surface area contributed by atoms with E-state index >= 15 is 0 Å². The quantitative estimate of drug-likeness (QED) is 0.714. The Balaban J connectivity index is 2.06. The summed E-state index contributed by atoms with van der Waals surface area (Å²) in [5.41, 5.74) is 8.54. The Kier molecular flexibility index (Phi) is 3.62. The van der Waals surface area contributed by atoms with Gasteiger partial charge in [0, 0.05) is 23.8 Å². The Morgan fingerprint density at radius 1 is 1.13 bits per heavy atom. The van der Waals surface area contributed by atoms with Gasteiger partial charge in [-0.1, -0.05) is 23.8 Å². The zero-order chi connectivity index (χ0) is 16.6. The number of carbonyl (C=O) groups excluding carboxylic acids is 1. The number of hydrogen-bond donors (Lipinski definition) is 2. The van der Waals surface area contributed by atoms with Gasteiger partial charge in [-0.05, 0) is 37.3 Å². The molecular formula is C18H17N3O2. The molecular weight excluding hydrogens is 290 g/mol. The second-order valence-corrected chi connectivity index (χ2v) is 5.52. The molecule has 3 N–H and O–H groups in total. The Hall–Kier alpha value is -3.08. The van der Waals surface area contributed by atoms with E-state index in [1.54, 1.807) is 31.3 Å². The predicted molar refractivity (Wildman–Crippen MR) is 92.9 cm³/mol. The van der Waals surface area contributed by atoms with Gasteiger partial charge in [0.15, 0.2) is 0 Å². The Labute approximate surface area is 133 Å². The molecule has 23 heavy (non-hydrogen) atoms. The van der Waals surface area contributed by atoms with E-state index in [0.29, 0.717) is 16.6 Å². The molecule has 0 saturated heterocycles. The summed E-state index contributed by atoms with van der Waals surface area (Å²) in [4.78, 5) is 29.1. The van der Waals surface area contributed by atoms with Crippen molar-refractivity contribution < 1.29 is 4.79 Å². The number of hydrogen-bond acceptors (Lipinski definition) is 3. The number of nitrogens with two attached hydrogens (primary N) is 1. The fourth-order valence-corrected chi connectivity index (χ4v) is 2.48. The van der Waals surface area contributed by atoms with Crippen LogP contribution in [0.3, 0.4) is 0 Å². The van der Waals surface area contributed by atoms with Crippen LogP contribution >= 0.6 is 0 Å². The molecule has 0 aliphatic heterocycles. The third kappa shape index (κ3) is 2.68. The fourth-order valence-electron chi connectivity index (χ4n) is 2.48. The number of benzene rings is 2. The molecule has 0 aliphatic carbocycles. The van der Waals surface area contributed by atoms with Crippen molar-refractivity contribution in [2.45, 2.75) is 6.92 Å². The molecule has 116 valence electrons. The summed E-state index contributed by atoms with van der Waals surface area (Å²) in [6.07, 6.45) is 0. The smallest absolute Gasteiger partial charge is 0.263 e. The number of pyridine rings is 1. The van der Waals surface area contributed by atoms with Gasteiger partial charge in [0.05, 0.1) is 5.52 Å². The van der Waals surface area contributed by atoms with Gasteiger partial charge in [0.25, 0.3) is 11.5 Å². The van der Waals surface area contributed by atoms with Crippen LogP contribution in [0, 0.1) is 6.92 Å². The highest BCUT2D eigenvalue weighted by Crippen LogP contribution is 2.20. The first-order valence-corrected chi connectivity index (χ1v) is 7.23. The van der Waals surface area contributed by atoms with Gasteiger partial charge in [0.2, 0.25) is 0 Å². The zero-order valence-electron chi connectivity index (χ0n) is 13.0. The van der Waals surface area contributed by atoms with Gasteiger partial charge >= 0.3 is 0 Å². The maximum absolute atomic E-state index is 12.7. The molecule has 3 aromatic rings. The summed E-state index contributed by atoms with van der Waals surface area (Å²) in [5, 5.41) is 0.660. The highest BCUT2D eigenvalue weighted by molar-refractivity contribution is 6.07. The molecule has 1 aromatic heterocycles. The lowest BCUT2D eigenvalue weighted by atomic mass is 10.1. The van der Waals surface area contributed by atoms with Gasteiger partial charge in [-0.2, -0.15) is 0 Å². The number of anilines is 2. The summed E-state index contributed by atoms with van der Waals surface area (Å²) in [5.74, 6) is -0.375. The number of aromatic nitrogens is 1. The third-order valence-corrected chi connectivity index (χ3v) is 3.88. The van der Waals surface area contributed by atoms with Gasteiger partial charge in [-0.3, -0.25) is 9.59 Å². The molecule has 0 aliphatic rings. The summed E-state index contributed by atoms with van der Waals surface area (Å²) < 4.78 is 0. The first-order chi connectivity index (χ1) is 11.0. The molecule has 1 amide bonds. The number of rotatable bonds is 2. The predicted octanol–water partition coefficient (Wildman–Crippen LogP) is 2.70. The Morgan fingerprint density at radius 2 is 1.83 bits per heavy atom. The molecule has 0 atom stereocenters. The van der Waals surface area contributed by atoms with Crippen LogP contribution in [0.25, 0.3) is 10.9 Å². The Morgan fingerprint density at radius 3 is 2.52 bits per heavy atom. The van der Waals surface area contributed by atoms with Crippen molar-refractivity contribution in [1.29, 1.82) is 0 Å². The maximum atomic E-state index is 12.7. The average molecular weight is 307 g/mol. The van der Waals surface area contributed by atoms with Crippen molar-refractivity contribution >= 4 is 28.2 Å². The van der Waals surface area contributed by atoms with Crippen LogP contribution in [0.1, 0.15) is 15.9 Å². The number of H-pyrrole nitrogens is 1. The molecule has 1 heterocycles. The number of nitrogen functional groups attached to an aromatic ring is 1. The van der Waals surface area contributed by atoms with E-state index in [9.17, 15) is 9.59 Å². The molecule has 0 radical (unpaired) electrons. The van der Waals surface area contributed by atoms with E-state index in [4.69, 9.17) is 5.73 Å². The molecule has 2 aromatic carbocycles.